The third-order valence-electron chi connectivity index (χ3n) is 2.69. The van der Waals surface area contributed by atoms with Gasteiger partial charge in [-0.15, -0.1) is 11.3 Å². The van der Waals surface area contributed by atoms with Crippen LogP contribution in [0.2, 0.25) is 0 Å². The van der Waals surface area contributed by atoms with Crippen molar-refractivity contribution in [1.29, 1.82) is 0 Å². The Hall–Kier alpha value is -1.20. The summed E-state index contributed by atoms with van der Waals surface area (Å²) in [5, 5.41) is 16.7. The van der Waals surface area contributed by atoms with Crippen LogP contribution in [-0.2, 0) is 4.79 Å². The molecule has 17 heavy (non-hydrogen) atoms. The van der Waals surface area contributed by atoms with Gasteiger partial charge in [0.1, 0.15) is 0 Å². The number of hydrazone groups is 1. The zero-order chi connectivity index (χ0) is 12.1. The lowest BCUT2D eigenvalue weighted by atomic mass is 10.1. The topological polar surface area (TPSA) is 52.9 Å². The summed E-state index contributed by atoms with van der Waals surface area (Å²) in [6.45, 7) is 0.776. The minimum Gasteiger partial charge on any atom is -0.396 e. The second-order valence-corrected chi connectivity index (χ2v) is 4.92. The summed E-state index contributed by atoms with van der Waals surface area (Å²) < 4.78 is 0. The lowest BCUT2D eigenvalue weighted by Crippen LogP contribution is -2.32. The zero-order valence-corrected chi connectivity index (χ0v) is 10.4. The predicted octanol–water partition coefficient (Wildman–Crippen LogP) is 1.85. The average molecular weight is 252 g/mol. The third-order valence-corrected chi connectivity index (χ3v) is 3.61. The van der Waals surface area contributed by atoms with E-state index in [4.69, 9.17) is 5.11 Å². The van der Waals surface area contributed by atoms with Crippen LogP contribution >= 0.6 is 11.3 Å². The van der Waals surface area contributed by atoms with Crippen molar-refractivity contribution in [2.45, 2.75) is 25.7 Å². The van der Waals surface area contributed by atoms with Gasteiger partial charge in [0, 0.05) is 26.0 Å². The van der Waals surface area contributed by atoms with Crippen LogP contribution in [-0.4, -0.2) is 34.9 Å². The maximum absolute atomic E-state index is 11.7. The monoisotopic (exact) mass is 252 g/mol. The van der Waals surface area contributed by atoms with Crippen molar-refractivity contribution in [3.05, 3.63) is 22.4 Å². The Morgan fingerprint density at radius 3 is 3.00 bits per heavy atom. The molecule has 1 amide bonds. The number of rotatable bonds is 5. The fourth-order valence-corrected chi connectivity index (χ4v) is 2.51. The summed E-state index contributed by atoms with van der Waals surface area (Å²) >= 11 is 1.65. The number of thiophene rings is 1. The molecular formula is C12H16N2O2S. The molecule has 0 aromatic carbocycles. The first kappa shape index (κ1) is 12.3. The van der Waals surface area contributed by atoms with Crippen LogP contribution in [0.5, 0.6) is 0 Å². The Labute approximate surface area is 105 Å². The molecule has 1 aromatic heterocycles. The van der Waals surface area contributed by atoms with E-state index >= 15 is 0 Å². The van der Waals surface area contributed by atoms with E-state index in [0.29, 0.717) is 19.4 Å². The lowest BCUT2D eigenvalue weighted by Gasteiger charge is -2.23. The molecule has 0 unspecified atom stereocenters. The standard InChI is InChI=1S/C12H16N2O2S/c15-8-2-1-7-14-12(16)6-5-10(13-14)11-4-3-9-17-11/h3-4,9,15H,1-2,5-8H2. The molecular weight excluding hydrogens is 236 g/mol. The van der Waals surface area contributed by atoms with Gasteiger partial charge < -0.3 is 5.11 Å². The Bertz CT molecular complexity index is 401. The van der Waals surface area contributed by atoms with E-state index in [1.165, 1.54) is 0 Å². The fraction of sp³-hybridized carbons (Fsp3) is 0.500. The number of amides is 1. The molecule has 1 aliphatic rings. The molecule has 0 atom stereocenters. The van der Waals surface area contributed by atoms with Gasteiger partial charge in [-0.25, -0.2) is 5.01 Å². The second-order valence-electron chi connectivity index (χ2n) is 3.97. The molecule has 0 fully saturated rings. The fourth-order valence-electron chi connectivity index (χ4n) is 1.77. The van der Waals surface area contributed by atoms with E-state index in [1.54, 1.807) is 16.3 Å². The van der Waals surface area contributed by atoms with Gasteiger partial charge in [-0.1, -0.05) is 6.07 Å². The largest absolute Gasteiger partial charge is 0.396 e. The average Bonchev–Trinajstić information content (AvgIpc) is 2.85. The van der Waals surface area contributed by atoms with Crippen LogP contribution in [0.15, 0.2) is 22.6 Å². The lowest BCUT2D eigenvalue weighted by molar-refractivity contribution is -0.131. The van der Waals surface area contributed by atoms with Crippen molar-refractivity contribution < 1.29 is 9.90 Å². The van der Waals surface area contributed by atoms with E-state index in [1.807, 2.05) is 17.5 Å². The maximum Gasteiger partial charge on any atom is 0.243 e. The normalized spacial score (nSPS) is 16.2. The van der Waals surface area contributed by atoms with Gasteiger partial charge in [0.05, 0.1) is 10.6 Å². The molecule has 5 heteroatoms. The summed E-state index contributed by atoms with van der Waals surface area (Å²) in [4.78, 5) is 12.8. The molecule has 0 spiro atoms. The SMILES string of the molecule is O=C1CCC(c2cccs2)=NN1CCCCO. The highest BCUT2D eigenvalue weighted by Crippen LogP contribution is 2.19. The van der Waals surface area contributed by atoms with Crippen molar-refractivity contribution in [1.82, 2.24) is 5.01 Å². The van der Waals surface area contributed by atoms with E-state index in [9.17, 15) is 4.79 Å². The number of carbonyl (C=O) groups is 1. The van der Waals surface area contributed by atoms with E-state index in [2.05, 4.69) is 5.10 Å². The predicted molar refractivity (Wildman–Crippen MR) is 68.1 cm³/mol. The Kier molecular flexibility index (Phi) is 4.28. The highest BCUT2D eigenvalue weighted by molar-refractivity contribution is 7.12. The molecule has 1 aromatic rings. The number of carbonyl (C=O) groups excluding carboxylic acids is 1. The summed E-state index contributed by atoms with van der Waals surface area (Å²) in [6.07, 6.45) is 2.78. The van der Waals surface area contributed by atoms with E-state index in [-0.39, 0.29) is 12.5 Å². The molecule has 1 N–H and O–H groups in total. The summed E-state index contributed by atoms with van der Waals surface area (Å²) in [5.74, 6) is 0.0863. The third kappa shape index (κ3) is 3.14. The summed E-state index contributed by atoms with van der Waals surface area (Å²) in [5.41, 5.74) is 1.00. The molecule has 0 saturated carbocycles. The highest BCUT2D eigenvalue weighted by Gasteiger charge is 2.21. The first-order chi connectivity index (χ1) is 8.31. The number of hydrogen-bond acceptors (Lipinski definition) is 4. The number of aliphatic hydroxyl groups is 1. The van der Waals surface area contributed by atoms with Crippen molar-refractivity contribution in [2.24, 2.45) is 5.10 Å². The number of aliphatic hydroxyl groups excluding tert-OH is 1. The molecule has 1 aliphatic heterocycles. The van der Waals surface area contributed by atoms with Crippen molar-refractivity contribution >= 4 is 23.0 Å². The molecule has 2 heterocycles. The van der Waals surface area contributed by atoms with Crippen molar-refractivity contribution in [3.63, 3.8) is 0 Å². The van der Waals surface area contributed by atoms with Crippen LogP contribution in [0.3, 0.4) is 0 Å². The summed E-state index contributed by atoms with van der Waals surface area (Å²) in [6, 6.07) is 4.03. The molecule has 92 valence electrons. The van der Waals surface area contributed by atoms with Gasteiger partial charge in [0.15, 0.2) is 0 Å². The van der Waals surface area contributed by atoms with E-state index in [0.717, 1.165) is 23.4 Å². The maximum atomic E-state index is 11.7. The minimum atomic E-state index is 0.0863. The van der Waals surface area contributed by atoms with Gasteiger partial charge in [-0.2, -0.15) is 5.10 Å². The first-order valence-corrected chi connectivity index (χ1v) is 6.72. The van der Waals surface area contributed by atoms with Crippen LogP contribution < -0.4 is 0 Å². The minimum absolute atomic E-state index is 0.0863. The molecule has 0 saturated heterocycles. The van der Waals surface area contributed by atoms with Crippen LogP contribution in [0.4, 0.5) is 0 Å². The van der Waals surface area contributed by atoms with Gasteiger partial charge in [0.25, 0.3) is 0 Å². The molecule has 4 nitrogen and oxygen atoms in total. The highest BCUT2D eigenvalue weighted by atomic mass is 32.1. The van der Waals surface area contributed by atoms with Gasteiger partial charge >= 0.3 is 0 Å². The Balaban J connectivity index is 2.03. The van der Waals surface area contributed by atoms with Gasteiger partial charge in [-0.05, 0) is 24.3 Å². The Morgan fingerprint density at radius 1 is 1.41 bits per heavy atom. The number of hydrogen-bond donors (Lipinski definition) is 1. The Morgan fingerprint density at radius 2 is 2.29 bits per heavy atom. The van der Waals surface area contributed by atoms with Crippen molar-refractivity contribution in [3.8, 4) is 0 Å². The van der Waals surface area contributed by atoms with Crippen LogP contribution in [0.25, 0.3) is 0 Å². The van der Waals surface area contributed by atoms with Gasteiger partial charge in [0.2, 0.25) is 5.91 Å². The molecule has 0 aliphatic carbocycles. The second kappa shape index (κ2) is 5.93. The molecule has 0 radical (unpaired) electrons. The smallest absolute Gasteiger partial charge is 0.243 e. The number of nitrogens with zero attached hydrogens (tertiary/aromatic N) is 2. The molecule has 2 rings (SSSR count). The number of unbranched alkanes of at least 4 members (excludes halogenated alkanes) is 1. The van der Waals surface area contributed by atoms with Crippen LogP contribution in [0, 0.1) is 0 Å². The van der Waals surface area contributed by atoms with Gasteiger partial charge in [-0.3, -0.25) is 4.79 Å². The molecule has 0 bridgehead atoms. The summed E-state index contributed by atoms with van der Waals surface area (Å²) in [7, 11) is 0. The van der Waals surface area contributed by atoms with E-state index < -0.39 is 0 Å². The quantitative estimate of drug-likeness (QED) is 0.813. The first-order valence-electron chi connectivity index (χ1n) is 5.84. The van der Waals surface area contributed by atoms with Crippen LogP contribution in [0.1, 0.15) is 30.6 Å². The zero-order valence-electron chi connectivity index (χ0n) is 9.63. The van der Waals surface area contributed by atoms with Crippen molar-refractivity contribution in [2.75, 3.05) is 13.2 Å².